The van der Waals surface area contributed by atoms with Gasteiger partial charge in [-0.25, -0.2) is 8.78 Å². The minimum absolute atomic E-state index is 0.327. The summed E-state index contributed by atoms with van der Waals surface area (Å²) in [6, 6.07) is 11.3. The number of benzene rings is 2. The molecule has 2 rings (SSSR count). The zero-order valence-electron chi connectivity index (χ0n) is 10.9. The number of anilines is 1. The second-order valence-corrected chi connectivity index (χ2v) is 4.96. The molecular formula is C15H14F2N2S. The Morgan fingerprint density at radius 3 is 2.55 bits per heavy atom. The molecule has 0 atom stereocenters. The summed E-state index contributed by atoms with van der Waals surface area (Å²) in [4.78, 5) is 2.24. The van der Waals surface area contributed by atoms with Crippen LogP contribution in [0.3, 0.4) is 0 Å². The van der Waals surface area contributed by atoms with Crippen LogP contribution in [0.2, 0.25) is 0 Å². The van der Waals surface area contributed by atoms with Gasteiger partial charge in [-0.2, -0.15) is 0 Å². The summed E-state index contributed by atoms with van der Waals surface area (Å²) < 4.78 is 26.1. The first-order valence-electron chi connectivity index (χ1n) is 6.02. The van der Waals surface area contributed by atoms with Crippen molar-refractivity contribution in [3.05, 3.63) is 65.2 Å². The molecule has 2 N–H and O–H groups in total. The molecule has 20 heavy (non-hydrogen) atoms. The van der Waals surface area contributed by atoms with Crippen molar-refractivity contribution >= 4 is 22.9 Å². The Balaban J connectivity index is 2.19. The molecule has 0 aliphatic carbocycles. The summed E-state index contributed by atoms with van der Waals surface area (Å²) in [6.07, 6.45) is 0. The van der Waals surface area contributed by atoms with Gasteiger partial charge in [0.2, 0.25) is 0 Å². The Morgan fingerprint density at radius 1 is 1.15 bits per heavy atom. The SMILES string of the molecule is CN(Cc1ccc(F)c(F)c1)c1cccc(C(N)=S)c1. The zero-order valence-corrected chi connectivity index (χ0v) is 11.8. The topological polar surface area (TPSA) is 29.3 Å². The van der Waals surface area contributed by atoms with Gasteiger partial charge in [-0.15, -0.1) is 0 Å². The molecule has 0 radical (unpaired) electrons. The van der Waals surface area contributed by atoms with Crippen LogP contribution in [-0.2, 0) is 6.54 Å². The van der Waals surface area contributed by atoms with E-state index in [4.69, 9.17) is 18.0 Å². The lowest BCUT2D eigenvalue weighted by molar-refractivity contribution is 0.507. The van der Waals surface area contributed by atoms with E-state index >= 15 is 0 Å². The van der Waals surface area contributed by atoms with Gasteiger partial charge in [0, 0.05) is 24.8 Å². The number of hydrogen-bond acceptors (Lipinski definition) is 2. The van der Waals surface area contributed by atoms with Gasteiger partial charge in [-0.3, -0.25) is 0 Å². The monoisotopic (exact) mass is 292 g/mol. The molecule has 0 amide bonds. The maximum Gasteiger partial charge on any atom is 0.159 e. The van der Waals surface area contributed by atoms with Gasteiger partial charge in [0.25, 0.3) is 0 Å². The second-order valence-electron chi connectivity index (χ2n) is 4.52. The van der Waals surface area contributed by atoms with Crippen LogP contribution in [0.5, 0.6) is 0 Å². The van der Waals surface area contributed by atoms with Crippen molar-refractivity contribution in [3.8, 4) is 0 Å². The third-order valence-corrected chi connectivity index (χ3v) is 3.21. The van der Waals surface area contributed by atoms with E-state index in [2.05, 4.69) is 0 Å². The molecule has 0 unspecified atom stereocenters. The van der Waals surface area contributed by atoms with Crippen molar-refractivity contribution in [1.82, 2.24) is 0 Å². The molecular weight excluding hydrogens is 278 g/mol. The quantitative estimate of drug-likeness (QED) is 0.877. The fraction of sp³-hybridized carbons (Fsp3) is 0.133. The minimum atomic E-state index is -0.841. The van der Waals surface area contributed by atoms with Crippen molar-refractivity contribution in [2.75, 3.05) is 11.9 Å². The van der Waals surface area contributed by atoms with E-state index in [1.807, 2.05) is 36.2 Å². The second kappa shape index (κ2) is 5.96. The molecule has 0 bridgehead atoms. The van der Waals surface area contributed by atoms with Crippen LogP contribution in [0, 0.1) is 11.6 Å². The lowest BCUT2D eigenvalue weighted by Gasteiger charge is -2.20. The van der Waals surface area contributed by atoms with Crippen molar-refractivity contribution in [2.45, 2.75) is 6.54 Å². The van der Waals surface area contributed by atoms with Crippen LogP contribution < -0.4 is 10.6 Å². The largest absolute Gasteiger partial charge is 0.389 e. The van der Waals surface area contributed by atoms with Crippen molar-refractivity contribution < 1.29 is 8.78 Å². The molecule has 0 saturated carbocycles. The average molecular weight is 292 g/mol. The van der Waals surface area contributed by atoms with Crippen LogP contribution in [0.25, 0.3) is 0 Å². The Kier molecular flexibility index (Phi) is 4.29. The predicted octanol–water partition coefficient (Wildman–Crippen LogP) is 3.24. The average Bonchev–Trinajstić information content (AvgIpc) is 2.43. The van der Waals surface area contributed by atoms with Crippen molar-refractivity contribution in [1.29, 1.82) is 0 Å². The predicted molar refractivity (Wildman–Crippen MR) is 80.8 cm³/mol. The molecule has 104 valence electrons. The van der Waals surface area contributed by atoms with Gasteiger partial charge < -0.3 is 10.6 Å². The van der Waals surface area contributed by atoms with E-state index in [1.165, 1.54) is 6.07 Å². The summed E-state index contributed by atoms with van der Waals surface area (Å²) in [5.74, 6) is -1.68. The summed E-state index contributed by atoms with van der Waals surface area (Å²) in [5, 5.41) is 0. The van der Waals surface area contributed by atoms with Crippen molar-refractivity contribution in [2.24, 2.45) is 5.73 Å². The molecule has 2 nitrogen and oxygen atoms in total. The summed E-state index contributed by atoms with van der Waals surface area (Å²) in [7, 11) is 1.86. The van der Waals surface area contributed by atoms with E-state index in [9.17, 15) is 8.78 Å². The van der Waals surface area contributed by atoms with Crippen LogP contribution in [-0.4, -0.2) is 12.0 Å². The maximum atomic E-state index is 13.2. The number of nitrogens with zero attached hydrogens (tertiary/aromatic N) is 1. The normalized spacial score (nSPS) is 10.3. The minimum Gasteiger partial charge on any atom is -0.389 e. The molecule has 0 fully saturated rings. The van der Waals surface area contributed by atoms with Gasteiger partial charge in [-0.05, 0) is 29.8 Å². The highest BCUT2D eigenvalue weighted by molar-refractivity contribution is 7.80. The zero-order chi connectivity index (χ0) is 14.7. The third-order valence-electron chi connectivity index (χ3n) is 2.98. The molecule has 5 heteroatoms. The number of hydrogen-bond donors (Lipinski definition) is 1. The van der Waals surface area contributed by atoms with Crippen LogP contribution in [0.1, 0.15) is 11.1 Å². The maximum absolute atomic E-state index is 13.2. The van der Waals surface area contributed by atoms with Crippen LogP contribution >= 0.6 is 12.2 Å². The first kappa shape index (κ1) is 14.4. The highest BCUT2D eigenvalue weighted by atomic mass is 32.1. The molecule has 2 aromatic carbocycles. The van der Waals surface area contributed by atoms with E-state index in [1.54, 1.807) is 6.07 Å². The van der Waals surface area contributed by atoms with E-state index in [0.717, 1.165) is 17.3 Å². The van der Waals surface area contributed by atoms with Crippen molar-refractivity contribution in [3.63, 3.8) is 0 Å². The number of thiocarbonyl (C=S) groups is 1. The molecule has 0 aliphatic heterocycles. The molecule has 0 saturated heterocycles. The van der Waals surface area contributed by atoms with Crippen LogP contribution in [0.15, 0.2) is 42.5 Å². The van der Waals surface area contributed by atoms with Gasteiger partial charge in [0.05, 0.1) is 0 Å². The Hall–Kier alpha value is -2.01. The Morgan fingerprint density at radius 2 is 1.90 bits per heavy atom. The van der Waals surface area contributed by atoms with Crippen LogP contribution in [0.4, 0.5) is 14.5 Å². The fourth-order valence-electron chi connectivity index (χ4n) is 1.90. The lowest BCUT2D eigenvalue weighted by Crippen LogP contribution is -2.17. The van der Waals surface area contributed by atoms with E-state index < -0.39 is 11.6 Å². The number of rotatable bonds is 4. The first-order chi connectivity index (χ1) is 9.47. The lowest BCUT2D eigenvalue weighted by atomic mass is 10.1. The highest BCUT2D eigenvalue weighted by Gasteiger charge is 2.07. The van der Waals surface area contributed by atoms with Gasteiger partial charge in [0.15, 0.2) is 11.6 Å². The molecule has 0 heterocycles. The fourth-order valence-corrected chi connectivity index (χ4v) is 2.03. The molecule has 0 spiro atoms. The number of halogens is 2. The third kappa shape index (κ3) is 3.30. The standard InChI is InChI=1S/C15H14F2N2S/c1-19(9-10-5-6-13(16)14(17)7-10)12-4-2-3-11(8-12)15(18)20/h2-8H,9H2,1H3,(H2,18,20). The Bertz CT molecular complexity index is 644. The molecule has 0 aromatic heterocycles. The summed E-state index contributed by atoms with van der Waals surface area (Å²) in [6.45, 7) is 0.456. The summed E-state index contributed by atoms with van der Waals surface area (Å²) >= 11 is 4.94. The van der Waals surface area contributed by atoms with E-state index in [-0.39, 0.29) is 0 Å². The number of nitrogens with two attached hydrogens (primary N) is 1. The van der Waals surface area contributed by atoms with E-state index in [0.29, 0.717) is 17.1 Å². The van der Waals surface area contributed by atoms with Gasteiger partial charge in [0.1, 0.15) is 4.99 Å². The smallest absolute Gasteiger partial charge is 0.159 e. The van der Waals surface area contributed by atoms with Gasteiger partial charge >= 0.3 is 0 Å². The highest BCUT2D eigenvalue weighted by Crippen LogP contribution is 2.18. The van der Waals surface area contributed by atoms with Gasteiger partial charge in [-0.1, -0.05) is 30.4 Å². The Labute approximate surface area is 121 Å². The summed E-state index contributed by atoms with van der Waals surface area (Å²) in [5.41, 5.74) is 7.96. The molecule has 0 aliphatic rings. The molecule has 2 aromatic rings. The first-order valence-corrected chi connectivity index (χ1v) is 6.43.